The van der Waals surface area contributed by atoms with Crippen molar-refractivity contribution in [1.29, 1.82) is 0 Å². The number of methoxy groups -OCH3 is 2. The Balaban J connectivity index is 1.86. The fourth-order valence-electron chi connectivity index (χ4n) is 3.76. The van der Waals surface area contributed by atoms with Crippen molar-refractivity contribution < 1.29 is 19.1 Å². The van der Waals surface area contributed by atoms with Gasteiger partial charge in [0, 0.05) is 0 Å². The topological polar surface area (TPSA) is 67.9 Å². The number of nitrogens with zero attached hydrogens (tertiary/aromatic N) is 1. The first-order valence-electron chi connectivity index (χ1n) is 10.2. The van der Waals surface area contributed by atoms with Gasteiger partial charge < -0.3 is 14.8 Å². The lowest BCUT2D eigenvalue weighted by Gasteiger charge is -2.18. The highest BCUT2D eigenvalue weighted by atomic mass is 16.5. The zero-order valence-electron chi connectivity index (χ0n) is 18.4. The minimum atomic E-state index is -0.418. The largest absolute Gasteiger partial charge is 0.497 e. The van der Waals surface area contributed by atoms with Crippen LogP contribution < -0.4 is 19.7 Å². The maximum atomic E-state index is 13.6. The number of anilines is 2. The molecule has 162 valence electrons. The van der Waals surface area contributed by atoms with Crippen molar-refractivity contribution in [3.05, 3.63) is 89.1 Å². The summed E-state index contributed by atoms with van der Waals surface area (Å²) in [6, 6.07) is 20.0. The summed E-state index contributed by atoms with van der Waals surface area (Å²) < 4.78 is 10.7. The summed E-state index contributed by atoms with van der Waals surface area (Å²) in [4.78, 5) is 28.4. The first kappa shape index (κ1) is 21.2. The Hall–Kier alpha value is -4.06. The number of carbonyl (C=O) groups excluding carboxylic acids is 2. The SMILES string of the molecule is COc1ccc(C2=C(Nc3cc(C)ccc3OC)C(=O)N(c3ccccc3C)C2=O)cc1. The van der Waals surface area contributed by atoms with Gasteiger partial charge in [-0.2, -0.15) is 0 Å². The molecule has 32 heavy (non-hydrogen) atoms. The van der Waals surface area contributed by atoms with Gasteiger partial charge in [-0.3, -0.25) is 9.59 Å². The molecule has 1 N–H and O–H groups in total. The minimum Gasteiger partial charge on any atom is -0.497 e. The van der Waals surface area contributed by atoms with E-state index in [9.17, 15) is 9.59 Å². The smallest absolute Gasteiger partial charge is 0.282 e. The Kier molecular flexibility index (Phi) is 5.69. The first-order valence-corrected chi connectivity index (χ1v) is 10.2. The maximum Gasteiger partial charge on any atom is 0.282 e. The number of para-hydroxylation sites is 1. The van der Waals surface area contributed by atoms with Crippen LogP contribution in [0, 0.1) is 13.8 Å². The molecule has 1 heterocycles. The molecule has 0 radical (unpaired) electrons. The van der Waals surface area contributed by atoms with Crippen molar-refractivity contribution in [1.82, 2.24) is 0 Å². The average molecular weight is 428 g/mol. The van der Waals surface area contributed by atoms with Crippen molar-refractivity contribution in [2.75, 3.05) is 24.4 Å². The third kappa shape index (κ3) is 3.71. The number of imide groups is 1. The molecule has 4 rings (SSSR count). The average Bonchev–Trinajstić information content (AvgIpc) is 3.04. The predicted molar refractivity (Wildman–Crippen MR) is 125 cm³/mol. The van der Waals surface area contributed by atoms with E-state index in [1.165, 1.54) is 4.90 Å². The standard InChI is InChI=1S/C26H24N2O4/c1-16-9-14-22(32-4)20(15-16)27-24-23(18-10-12-19(31-3)13-11-18)25(29)28(26(24)30)21-8-6-5-7-17(21)2/h5-15,27H,1-4H3. The van der Waals surface area contributed by atoms with Gasteiger partial charge in [-0.05, 0) is 60.9 Å². The number of rotatable bonds is 6. The third-order valence-electron chi connectivity index (χ3n) is 5.43. The maximum absolute atomic E-state index is 13.6. The van der Waals surface area contributed by atoms with E-state index >= 15 is 0 Å². The van der Waals surface area contributed by atoms with Crippen LogP contribution in [0.1, 0.15) is 16.7 Å². The van der Waals surface area contributed by atoms with Gasteiger partial charge in [-0.25, -0.2) is 4.90 Å². The quantitative estimate of drug-likeness (QED) is 0.576. The van der Waals surface area contributed by atoms with Crippen molar-refractivity contribution in [2.45, 2.75) is 13.8 Å². The summed E-state index contributed by atoms with van der Waals surface area (Å²) in [5, 5.41) is 3.19. The van der Waals surface area contributed by atoms with Crippen LogP contribution in [-0.4, -0.2) is 26.0 Å². The molecule has 0 aliphatic carbocycles. The van der Waals surface area contributed by atoms with Gasteiger partial charge >= 0.3 is 0 Å². The number of hydrogen-bond acceptors (Lipinski definition) is 5. The highest BCUT2D eigenvalue weighted by Crippen LogP contribution is 2.37. The zero-order chi connectivity index (χ0) is 22.8. The highest BCUT2D eigenvalue weighted by Gasteiger charge is 2.41. The zero-order valence-corrected chi connectivity index (χ0v) is 18.4. The lowest BCUT2D eigenvalue weighted by atomic mass is 10.0. The fourth-order valence-corrected chi connectivity index (χ4v) is 3.76. The van der Waals surface area contributed by atoms with E-state index in [0.717, 1.165) is 11.1 Å². The second-order valence-electron chi connectivity index (χ2n) is 7.54. The van der Waals surface area contributed by atoms with Gasteiger partial charge in [0.25, 0.3) is 11.8 Å². The first-order chi connectivity index (χ1) is 15.4. The molecule has 3 aromatic rings. The molecule has 3 aromatic carbocycles. The molecule has 0 saturated heterocycles. The predicted octanol–water partition coefficient (Wildman–Crippen LogP) is 4.72. The molecule has 0 fully saturated rings. The summed E-state index contributed by atoms with van der Waals surface area (Å²) in [7, 11) is 3.14. The summed E-state index contributed by atoms with van der Waals surface area (Å²) in [5.41, 5.74) is 4.11. The van der Waals surface area contributed by atoms with E-state index in [1.54, 1.807) is 44.6 Å². The molecule has 0 unspecified atom stereocenters. The molecule has 6 heteroatoms. The van der Waals surface area contributed by atoms with E-state index in [2.05, 4.69) is 5.32 Å². The van der Waals surface area contributed by atoms with E-state index in [1.807, 2.05) is 50.2 Å². The number of benzene rings is 3. The van der Waals surface area contributed by atoms with Crippen molar-refractivity contribution in [2.24, 2.45) is 0 Å². The summed E-state index contributed by atoms with van der Waals surface area (Å²) in [6.07, 6.45) is 0. The molecule has 0 atom stereocenters. The Morgan fingerprint density at radius 1 is 0.812 bits per heavy atom. The van der Waals surface area contributed by atoms with Crippen LogP contribution in [0.2, 0.25) is 0 Å². The molecule has 0 spiro atoms. The number of hydrogen-bond donors (Lipinski definition) is 1. The minimum absolute atomic E-state index is 0.201. The van der Waals surface area contributed by atoms with Crippen molar-refractivity contribution >= 4 is 28.8 Å². The molecule has 0 saturated carbocycles. The van der Waals surface area contributed by atoms with Gasteiger partial charge in [-0.15, -0.1) is 0 Å². The molecule has 0 bridgehead atoms. The van der Waals surface area contributed by atoms with Crippen molar-refractivity contribution in [3.8, 4) is 11.5 Å². The van der Waals surface area contributed by atoms with E-state index in [-0.39, 0.29) is 11.6 Å². The Morgan fingerprint density at radius 2 is 1.53 bits per heavy atom. The number of nitrogens with one attached hydrogen (secondary N) is 1. The highest BCUT2D eigenvalue weighted by molar-refractivity contribution is 6.46. The molecule has 6 nitrogen and oxygen atoms in total. The van der Waals surface area contributed by atoms with Crippen LogP contribution in [0.5, 0.6) is 11.5 Å². The van der Waals surface area contributed by atoms with E-state index in [4.69, 9.17) is 9.47 Å². The lowest BCUT2D eigenvalue weighted by Crippen LogP contribution is -2.33. The molecular formula is C26H24N2O4. The summed E-state index contributed by atoms with van der Waals surface area (Å²) >= 11 is 0. The van der Waals surface area contributed by atoms with Crippen LogP contribution >= 0.6 is 0 Å². The third-order valence-corrected chi connectivity index (χ3v) is 5.43. The normalized spacial score (nSPS) is 13.6. The van der Waals surface area contributed by atoms with Gasteiger partial charge in [0.15, 0.2) is 0 Å². The second kappa shape index (κ2) is 8.59. The summed E-state index contributed by atoms with van der Waals surface area (Å²) in [5.74, 6) is 0.436. The van der Waals surface area contributed by atoms with Gasteiger partial charge in [-0.1, -0.05) is 36.4 Å². The van der Waals surface area contributed by atoms with Gasteiger partial charge in [0.1, 0.15) is 17.2 Å². The molecule has 2 amide bonds. The number of aryl methyl sites for hydroxylation is 2. The van der Waals surface area contributed by atoms with Gasteiger partial charge in [0.05, 0.1) is 31.2 Å². The Morgan fingerprint density at radius 3 is 2.19 bits per heavy atom. The Labute approximate surface area is 187 Å². The van der Waals surface area contributed by atoms with Crippen LogP contribution in [-0.2, 0) is 9.59 Å². The molecule has 1 aliphatic heterocycles. The Bertz CT molecular complexity index is 1230. The van der Waals surface area contributed by atoms with Crippen LogP contribution in [0.25, 0.3) is 5.57 Å². The fraction of sp³-hybridized carbons (Fsp3) is 0.154. The lowest BCUT2D eigenvalue weighted by molar-refractivity contribution is -0.120. The molecule has 1 aliphatic rings. The number of amides is 2. The molecular weight excluding hydrogens is 404 g/mol. The number of ether oxygens (including phenoxy) is 2. The number of carbonyl (C=O) groups is 2. The molecule has 0 aromatic heterocycles. The summed E-state index contributed by atoms with van der Waals surface area (Å²) in [6.45, 7) is 3.82. The van der Waals surface area contributed by atoms with Crippen LogP contribution in [0.3, 0.4) is 0 Å². The monoisotopic (exact) mass is 428 g/mol. The van der Waals surface area contributed by atoms with E-state index in [0.29, 0.717) is 34.0 Å². The van der Waals surface area contributed by atoms with Crippen molar-refractivity contribution in [3.63, 3.8) is 0 Å². The van der Waals surface area contributed by atoms with Crippen LogP contribution in [0.4, 0.5) is 11.4 Å². The van der Waals surface area contributed by atoms with E-state index < -0.39 is 5.91 Å². The second-order valence-corrected chi connectivity index (χ2v) is 7.54. The van der Waals surface area contributed by atoms with Crippen LogP contribution in [0.15, 0.2) is 72.4 Å². The van der Waals surface area contributed by atoms with Gasteiger partial charge in [0.2, 0.25) is 0 Å².